The summed E-state index contributed by atoms with van der Waals surface area (Å²) < 4.78 is 6.05. The molecule has 4 rings (SSSR count). The molecule has 0 saturated carbocycles. The molecule has 6 heteroatoms. The van der Waals surface area contributed by atoms with Crippen molar-refractivity contribution in [2.24, 2.45) is 0 Å². The first-order chi connectivity index (χ1) is 18.6. The van der Waals surface area contributed by atoms with Crippen LogP contribution in [0.1, 0.15) is 47.2 Å². The maximum atomic E-state index is 13.7. The first kappa shape index (κ1) is 26.6. The van der Waals surface area contributed by atoms with Gasteiger partial charge in [0.1, 0.15) is 5.75 Å². The van der Waals surface area contributed by atoms with Gasteiger partial charge in [0, 0.05) is 43.0 Å². The molecule has 0 saturated heterocycles. The number of rotatable bonds is 13. The molecule has 0 aliphatic rings. The average molecular weight is 509 g/mol. The van der Waals surface area contributed by atoms with Crippen molar-refractivity contribution in [2.75, 3.05) is 6.61 Å². The van der Waals surface area contributed by atoms with Gasteiger partial charge in [-0.15, -0.1) is 0 Å². The molecule has 1 heterocycles. The van der Waals surface area contributed by atoms with Crippen molar-refractivity contribution in [3.8, 4) is 16.9 Å². The number of hydrogen-bond donors (Lipinski definition) is 1. The smallest absolute Gasteiger partial charge is 0.303 e. The maximum absolute atomic E-state index is 13.7. The number of carbonyl (C=O) groups is 2. The molecule has 194 valence electrons. The van der Waals surface area contributed by atoms with Gasteiger partial charge in [-0.05, 0) is 66.3 Å². The van der Waals surface area contributed by atoms with Crippen LogP contribution in [0.4, 0.5) is 0 Å². The molecule has 0 spiro atoms. The Bertz CT molecular complexity index is 1310. The van der Waals surface area contributed by atoms with Gasteiger partial charge in [0.2, 0.25) is 0 Å². The Balaban J connectivity index is 1.49. The van der Waals surface area contributed by atoms with Crippen LogP contribution in [-0.4, -0.2) is 33.5 Å². The second-order valence-corrected chi connectivity index (χ2v) is 9.12. The number of benzene rings is 3. The molecule has 0 bridgehead atoms. The Hall–Kier alpha value is -4.45. The van der Waals surface area contributed by atoms with Gasteiger partial charge in [-0.25, -0.2) is 0 Å². The van der Waals surface area contributed by atoms with Crippen LogP contribution in [0.15, 0.2) is 103 Å². The lowest BCUT2D eigenvalue weighted by Gasteiger charge is -2.24. The van der Waals surface area contributed by atoms with Gasteiger partial charge in [0.05, 0.1) is 6.61 Å². The Morgan fingerprint density at radius 3 is 2.16 bits per heavy atom. The van der Waals surface area contributed by atoms with Crippen LogP contribution in [0.3, 0.4) is 0 Å². The molecule has 0 aliphatic heterocycles. The standard InChI is InChI=1S/C32H32N2O4/c35-31(36)13-5-2-8-22-38-30-12-7-6-11-29(30)24-34(23-25-9-3-1-4-10-25)32(37)28-16-14-26(15-17-28)27-18-20-33-21-19-27/h1,3-4,6-7,9-12,14-21H,2,5,8,13,22-24H2,(H,35,36). The summed E-state index contributed by atoms with van der Waals surface area (Å²) in [5.41, 5.74) is 4.67. The predicted octanol–water partition coefficient (Wildman–Crippen LogP) is 6.62. The van der Waals surface area contributed by atoms with E-state index < -0.39 is 5.97 Å². The molecule has 0 atom stereocenters. The summed E-state index contributed by atoms with van der Waals surface area (Å²) in [5, 5.41) is 8.80. The highest BCUT2D eigenvalue weighted by molar-refractivity contribution is 5.94. The minimum atomic E-state index is -0.772. The molecular weight excluding hydrogens is 476 g/mol. The topological polar surface area (TPSA) is 79.7 Å². The van der Waals surface area contributed by atoms with Gasteiger partial charge in [-0.1, -0.05) is 60.7 Å². The zero-order chi connectivity index (χ0) is 26.6. The minimum Gasteiger partial charge on any atom is -0.493 e. The summed E-state index contributed by atoms with van der Waals surface area (Å²) in [6.07, 6.45) is 5.90. The Labute approximate surface area is 223 Å². The van der Waals surface area contributed by atoms with Crippen molar-refractivity contribution in [3.05, 3.63) is 120 Å². The second-order valence-electron chi connectivity index (χ2n) is 9.12. The number of aliphatic carboxylic acids is 1. The number of carbonyl (C=O) groups excluding carboxylic acids is 1. The van der Waals surface area contributed by atoms with Gasteiger partial charge >= 0.3 is 5.97 Å². The molecule has 1 aromatic heterocycles. The van der Waals surface area contributed by atoms with E-state index in [1.165, 1.54) is 0 Å². The highest BCUT2D eigenvalue weighted by Crippen LogP contribution is 2.24. The van der Waals surface area contributed by atoms with E-state index in [1.807, 2.05) is 95.9 Å². The molecule has 0 aliphatic carbocycles. The van der Waals surface area contributed by atoms with Gasteiger partial charge in [0.25, 0.3) is 5.91 Å². The SMILES string of the molecule is O=C(O)CCCCCOc1ccccc1CN(Cc1ccccc1)C(=O)c1ccc(-c2ccncc2)cc1. The summed E-state index contributed by atoms with van der Waals surface area (Å²) in [6.45, 7) is 1.37. The van der Waals surface area contributed by atoms with Crippen LogP contribution < -0.4 is 4.74 Å². The van der Waals surface area contributed by atoms with Crippen molar-refractivity contribution in [1.82, 2.24) is 9.88 Å². The average Bonchev–Trinajstić information content (AvgIpc) is 2.96. The molecule has 0 unspecified atom stereocenters. The van der Waals surface area contributed by atoms with Crippen molar-refractivity contribution < 1.29 is 19.4 Å². The Kier molecular flexibility index (Phi) is 9.63. The van der Waals surface area contributed by atoms with Crippen molar-refractivity contribution in [1.29, 1.82) is 0 Å². The van der Waals surface area contributed by atoms with Gasteiger partial charge < -0.3 is 14.7 Å². The third-order valence-electron chi connectivity index (χ3n) is 6.28. The number of hydrogen-bond acceptors (Lipinski definition) is 4. The van der Waals surface area contributed by atoms with Crippen molar-refractivity contribution >= 4 is 11.9 Å². The number of para-hydroxylation sites is 1. The lowest BCUT2D eigenvalue weighted by Crippen LogP contribution is -2.30. The Morgan fingerprint density at radius 2 is 1.42 bits per heavy atom. The summed E-state index contributed by atoms with van der Waals surface area (Å²) in [4.78, 5) is 30.3. The van der Waals surface area contributed by atoms with Crippen LogP contribution in [0.2, 0.25) is 0 Å². The predicted molar refractivity (Wildman–Crippen MR) is 148 cm³/mol. The van der Waals surface area contributed by atoms with Crippen LogP contribution in [0.25, 0.3) is 11.1 Å². The fraction of sp³-hybridized carbons (Fsp3) is 0.219. The third kappa shape index (κ3) is 7.77. The molecule has 3 aromatic carbocycles. The zero-order valence-corrected chi connectivity index (χ0v) is 21.3. The summed E-state index contributed by atoms with van der Waals surface area (Å²) in [5.74, 6) is -0.0883. The molecule has 0 radical (unpaired) electrons. The second kappa shape index (κ2) is 13.7. The molecule has 1 N–H and O–H groups in total. The Morgan fingerprint density at radius 1 is 0.737 bits per heavy atom. The van der Waals surface area contributed by atoms with Crippen LogP contribution in [0, 0.1) is 0 Å². The fourth-order valence-corrected chi connectivity index (χ4v) is 4.25. The highest BCUT2D eigenvalue weighted by atomic mass is 16.5. The molecule has 4 aromatic rings. The maximum Gasteiger partial charge on any atom is 0.303 e. The van der Waals surface area contributed by atoms with Crippen LogP contribution in [-0.2, 0) is 17.9 Å². The monoisotopic (exact) mass is 508 g/mol. The minimum absolute atomic E-state index is 0.0568. The summed E-state index contributed by atoms with van der Waals surface area (Å²) in [6, 6.07) is 29.3. The van der Waals surface area contributed by atoms with E-state index >= 15 is 0 Å². The molecule has 6 nitrogen and oxygen atoms in total. The first-order valence-electron chi connectivity index (χ1n) is 12.9. The highest BCUT2D eigenvalue weighted by Gasteiger charge is 2.19. The first-order valence-corrected chi connectivity index (χ1v) is 12.9. The number of nitrogens with zero attached hydrogens (tertiary/aromatic N) is 2. The van der Waals surface area contributed by atoms with Gasteiger partial charge in [-0.3, -0.25) is 14.6 Å². The van der Waals surface area contributed by atoms with Crippen LogP contribution >= 0.6 is 0 Å². The third-order valence-corrected chi connectivity index (χ3v) is 6.28. The number of pyridine rings is 1. The van der Waals surface area contributed by atoms with E-state index in [4.69, 9.17) is 9.84 Å². The number of ether oxygens (including phenoxy) is 1. The largest absolute Gasteiger partial charge is 0.493 e. The van der Waals surface area contributed by atoms with E-state index in [2.05, 4.69) is 4.98 Å². The lowest BCUT2D eigenvalue weighted by atomic mass is 10.0. The van der Waals surface area contributed by atoms with Gasteiger partial charge in [-0.2, -0.15) is 0 Å². The number of unbranched alkanes of at least 4 members (excludes halogenated alkanes) is 2. The molecule has 1 amide bonds. The van der Waals surface area contributed by atoms with E-state index in [1.54, 1.807) is 12.4 Å². The van der Waals surface area contributed by atoms with E-state index in [0.717, 1.165) is 40.8 Å². The number of carboxylic acids is 1. The van der Waals surface area contributed by atoms with Crippen molar-refractivity contribution in [3.63, 3.8) is 0 Å². The summed E-state index contributed by atoms with van der Waals surface area (Å²) >= 11 is 0. The molecule has 0 fully saturated rings. The zero-order valence-electron chi connectivity index (χ0n) is 21.3. The number of amides is 1. The molecule has 38 heavy (non-hydrogen) atoms. The van der Waals surface area contributed by atoms with Crippen molar-refractivity contribution in [2.45, 2.75) is 38.8 Å². The van der Waals surface area contributed by atoms with Gasteiger partial charge in [0.15, 0.2) is 0 Å². The fourth-order valence-electron chi connectivity index (χ4n) is 4.25. The quantitative estimate of drug-likeness (QED) is 0.205. The van der Waals surface area contributed by atoms with E-state index in [-0.39, 0.29) is 12.3 Å². The number of carboxylic acid groups (broad SMARTS) is 1. The van der Waals surface area contributed by atoms with Crippen LogP contribution in [0.5, 0.6) is 5.75 Å². The van der Waals surface area contributed by atoms with E-state index in [9.17, 15) is 9.59 Å². The number of aromatic nitrogens is 1. The van der Waals surface area contributed by atoms with E-state index in [0.29, 0.717) is 31.7 Å². The molecular formula is C32H32N2O4. The lowest BCUT2D eigenvalue weighted by molar-refractivity contribution is -0.137. The summed E-state index contributed by atoms with van der Waals surface area (Å²) in [7, 11) is 0. The normalized spacial score (nSPS) is 10.6.